The Morgan fingerprint density at radius 2 is 0.981 bits per heavy atom. The number of nitrogens with zero attached hydrogens (tertiary/aromatic N) is 2. The van der Waals surface area contributed by atoms with E-state index in [1.54, 1.807) is 0 Å². The number of rotatable bonds is 5. The van der Waals surface area contributed by atoms with Gasteiger partial charge in [-0.15, -0.1) is 16.4 Å². The SMILES string of the molecule is Bc1c(B)c(B)c(-c2ccccc2-c2c3ccccc3c(-c3ccc4cc(-n5c(CC)nc6ccccc65)ccc4c3)c3ccccc23)c(B)c1B. The summed E-state index contributed by atoms with van der Waals surface area (Å²) in [5, 5.41) is 7.52. The van der Waals surface area contributed by atoms with Crippen LogP contribution in [-0.4, -0.2) is 48.8 Å². The summed E-state index contributed by atoms with van der Waals surface area (Å²) < 4.78 is 2.31. The van der Waals surface area contributed by atoms with E-state index in [9.17, 15) is 0 Å². The quantitative estimate of drug-likeness (QED) is 0.205. The molecule has 0 amide bonds. The molecule has 0 N–H and O–H groups in total. The van der Waals surface area contributed by atoms with Crippen LogP contribution in [0, 0.1) is 0 Å². The third kappa shape index (κ3) is 4.90. The van der Waals surface area contributed by atoms with Crippen molar-refractivity contribution in [2.75, 3.05) is 0 Å². The molecule has 242 valence electrons. The molecule has 9 rings (SSSR count). The summed E-state index contributed by atoms with van der Waals surface area (Å²) in [6.07, 6.45) is 0.871. The lowest BCUT2D eigenvalue weighted by molar-refractivity contribution is 0.909. The highest BCUT2D eigenvalue weighted by Crippen LogP contribution is 2.46. The first-order valence-corrected chi connectivity index (χ1v) is 18.5. The maximum atomic E-state index is 4.93. The topological polar surface area (TPSA) is 17.8 Å². The number of hydrogen-bond donors (Lipinski definition) is 0. The molecule has 0 aliphatic carbocycles. The normalized spacial score (nSPS) is 11.6. The van der Waals surface area contributed by atoms with Gasteiger partial charge in [-0.1, -0.05) is 121 Å². The van der Waals surface area contributed by atoms with Gasteiger partial charge in [-0.25, -0.2) is 4.98 Å². The fraction of sp³-hybridized carbons (Fsp3) is 0.0444. The van der Waals surface area contributed by atoms with Crippen molar-refractivity contribution < 1.29 is 0 Å². The highest BCUT2D eigenvalue weighted by Gasteiger charge is 2.21. The third-order valence-electron chi connectivity index (χ3n) is 11.7. The van der Waals surface area contributed by atoms with Crippen molar-refractivity contribution in [3.8, 4) is 39.1 Å². The van der Waals surface area contributed by atoms with E-state index in [2.05, 4.69) is 184 Å². The van der Waals surface area contributed by atoms with Crippen molar-refractivity contribution in [3.63, 3.8) is 0 Å². The van der Waals surface area contributed by atoms with Gasteiger partial charge < -0.3 is 0 Å². The van der Waals surface area contributed by atoms with Gasteiger partial charge in [0, 0.05) is 12.1 Å². The largest absolute Gasteiger partial charge is 0.296 e. The standard InChI is InChI=1S/C45H37B5N2/c1-2-37-51-35-17-9-10-18-36(35)52(37)28-22-21-25-23-27(20-19-26(25)24-28)38-29-11-3-5-13-31(29)39(32-14-6-4-12-30(32)38)33-15-7-8-16-34(33)40-41(46)43(48)45(50)44(49)42(40)47/h3-24H,2,46-50H2,1H3. The fourth-order valence-electron chi connectivity index (χ4n) is 8.68. The summed E-state index contributed by atoms with van der Waals surface area (Å²) in [6, 6.07) is 49.3. The minimum Gasteiger partial charge on any atom is -0.296 e. The molecule has 9 aromatic rings. The van der Waals surface area contributed by atoms with Gasteiger partial charge in [0.1, 0.15) is 45.1 Å². The van der Waals surface area contributed by atoms with Crippen LogP contribution in [0.15, 0.2) is 133 Å². The van der Waals surface area contributed by atoms with Gasteiger partial charge in [0.2, 0.25) is 0 Å². The zero-order chi connectivity index (χ0) is 35.7. The molecule has 2 nitrogen and oxygen atoms in total. The van der Waals surface area contributed by atoms with Crippen LogP contribution in [0.3, 0.4) is 0 Å². The number of aryl methyl sites for hydroxylation is 1. The molecule has 0 aliphatic heterocycles. The van der Waals surface area contributed by atoms with Crippen molar-refractivity contribution in [2.45, 2.75) is 13.3 Å². The molecular weight excluding hydrogens is 623 g/mol. The van der Waals surface area contributed by atoms with Crippen molar-refractivity contribution in [2.24, 2.45) is 0 Å². The first-order valence-electron chi connectivity index (χ1n) is 18.5. The van der Waals surface area contributed by atoms with Crippen LogP contribution in [0.1, 0.15) is 12.7 Å². The molecule has 0 unspecified atom stereocenters. The lowest BCUT2D eigenvalue weighted by Crippen LogP contribution is -2.55. The second kappa shape index (κ2) is 12.5. The van der Waals surface area contributed by atoms with E-state index in [0.717, 1.165) is 29.0 Å². The summed E-state index contributed by atoms with van der Waals surface area (Å²) in [6.45, 7) is 2.18. The average Bonchev–Trinajstić information content (AvgIpc) is 3.57. The maximum Gasteiger partial charge on any atom is 0.139 e. The van der Waals surface area contributed by atoms with E-state index in [4.69, 9.17) is 4.98 Å². The number of para-hydroxylation sites is 2. The van der Waals surface area contributed by atoms with E-state index >= 15 is 0 Å². The lowest BCUT2D eigenvalue weighted by atomic mass is 9.59. The molecular formula is C45H37B5N2. The van der Waals surface area contributed by atoms with Crippen LogP contribution in [-0.2, 0) is 6.42 Å². The van der Waals surface area contributed by atoms with Gasteiger partial charge in [-0.2, -0.15) is 0 Å². The molecule has 1 heterocycles. The summed E-state index contributed by atoms with van der Waals surface area (Å²) in [4.78, 5) is 4.93. The highest BCUT2D eigenvalue weighted by molar-refractivity contribution is 6.68. The molecule has 0 atom stereocenters. The van der Waals surface area contributed by atoms with E-state index in [1.165, 1.54) is 93.0 Å². The molecule has 52 heavy (non-hydrogen) atoms. The Bertz CT molecular complexity index is 2820. The molecule has 0 aliphatic rings. The fourth-order valence-corrected chi connectivity index (χ4v) is 8.68. The Hall–Kier alpha value is -5.67. The van der Waals surface area contributed by atoms with Gasteiger partial charge in [-0.3, -0.25) is 4.57 Å². The molecule has 8 aromatic carbocycles. The van der Waals surface area contributed by atoms with Crippen LogP contribution < -0.4 is 27.3 Å². The summed E-state index contributed by atoms with van der Waals surface area (Å²) >= 11 is 0. The van der Waals surface area contributed by atoms with Gasteiger partial charge in [0.15, 0.2) is 0 Å². The van der Waals surface area contributed by atoms with Crippen molar-refractivity contribution in [1.29, 1.82) is 0 Å². The van der Waals surface area contributed by atoms with Gasteiger partial charge in [0.05, 0.1) is 11.0 Å². The van der Waals surface area contributed by atoms with Gasteiger partial charge >= 0.3 is 0 Å². The Morgan fingerprint density at radius 1 is 0.481 bits per heavy atom. The average molecular weight is 660 g/mol. The monoisotopic (exact) mass is 660 g/mol. The Balaban J connectivity index is 1.27. The zero-order valence-electron chi connectivity index (χ0n) is 30.8. The number of fused-ring (bicyclic) bond motifs is 4. The van der Waals surface area contributed by atoms with E-state index in [1.807, 2.05) is 0 Å². The highest BCUT2D eigenvalue weighted by atomic mass is 15.1. The smallest absolute Gasteiger partial charge is 0.139 e. The predicted molar refractivity (Wildman–Crippen MR) is 240 cm³/mol. The summed E-state index contributed by atoms with van der Waals surface area (Å²) in [7, 11) is 11.4. The van der Waals surface area contributed by atoms with Crippen LogP contribution >= 0.6 is 0 Å². The number of hydrogen-bond acceptors (Lipinski definition) is 1. The minimum atomic E-state index is 0.871. The summed E-state index contributed by atoms with van der Waals surface area (Å²) in [5.41, 5.74) is 17.9. The summed E-state index contributed by atoms with van der Waals surface area (Å²) in [5.74, 6) is 1.08. The predicted octanol–water partition coefficient (Wildman–Crippen LogP) is 3.34. The van der Waals surface area contributed by atoms with E-state index in [-0.39, 0.29) is 0 Å². The minimum absolute atomic E-state index is 0.871. The maximum absolute atomic E-state index is 4.93. The molecule has 0 fully saturated rings. The molecule has 0 radical (unpaired) electrons. The van der Waals surface area contributed by atoms with Crippen LogP contribution in [0.2, 0.25) is 0 Å². The van der Waals surface area contributed by atoms with E-state index in [0.29, 0.717) is 0 Å². The van der Waals surface area contributed by atoms with Crippen LogP contribution in [0.4, 0.5) is 0 Å². The molecule has 1 aromatic heterocycles. The Morgan fingerprint density at radius 3 is 1.62 bits per heavy atom. The molecule has 0 spiro atoms. The van der Waals surface area contributed by atoms with Gasteiger partial charge in [0.25, 0.3) is 0 Å². The van der Waals surface area contributed by atoms with Gasteiger partial charge in [-0.05, 0) is 96.0 Å². The number of benzene rings is 8. The first kappa shape index (κ1) is 32.3. The zero-order valence-corrected chi connectivity index (χ0v) is 30.8. The Labute approximate surface area is 310 Å². The Kier molecular flexibility index (Phi) is 7.77. The molecule has 0 saturated carbocycles. The second-order valence-corrected chi connectivity index (χ2v) is 14.3. The van der Waals surface area contributed by atoms with E-state index < -0.39 is 0 Å². The number of imidazole rings is 1. The third-order valence-corrected chi connectivity index (χ3v) is 11.7. The number of aromatic nitrogens is 2. The first-order chi connectivity index (χ1) is 25.4. The second-order valence-electron chi connectivity index (χ2n) is 14.3. The van der Waals surface area contributed by atoms with Crippen molar-refractivity contribution in [3.05, 3.63) is 139 Å². The van der Waals surface area contributed by atoms with Crippen LogP contribution in [0.25, 0.3) is 82.4 Å². The van der Waals surface area contributed by atoms with Crippen molar-refractivity contribution in [1.82, 2.24) is 9.55 Å². The molecule has 0 saturated heterocycles. The van der Waals surface area contributed by atoms with Crippen molar-refractivity contribution >= 4 is 110 Å². The van der Waals surface area contributed by atoms with Crippen LogP contribution in [0.5, 0.6) is 0 Å². The lowest BCUT2D eigenvalue weighted by Gasteiger charge is -2.24. The molecule has 7 heteroatoms. The molecule has 0 bridgehead atoms.